The standard InChI is InChI=1S/C18H23NO/c1-3-19-13-17(16-6-4-5-14(2)11-16)12-15-7-9-18(20)10-8-15/h4-11,17,19-20H,3,12-13H2,1-2H3. The van der Waals surface area contributed by atoms with Crippen LogP contribution >= 0.6 is 0 Å². The topological polar surface area (TPSA) is 32.3 Å². The van der Waals surface area contributed by atoms with Gasteiger partial charge < -0.3 is 10.4 Å². The van der Waals surface area contributed by atoms with E-state index in [0.29, 0.717) is 11.7 Å². The molecule has 2 heteroatoms. The highest BCUT2D eigenvalue weighted by Gasteiger charge is 2.12. The van der Waals surface area contributed by atoms with Crippen molar-refractivity contribution < 1.29 is 5.11 Å². The Morgan fingerprint density at radius 1 is 1.10 bits per heavy atom. The van der Waals surface area contributed by atoms with Gasteiger partial charge in [0.2, 0.25) is 0 Å². The van der Waals surface area contributed by atoms with Gasteiger partial charge in [0, 0.05) is 12.5 Å². The molecular weight excluding hydrogens is 246 g/mol. The van der Waals surface area contributed by atoms with Crippen LogP contribution in [0.1, 0.15) is 29.5 Å². The zero-order valence-electron chi connectivity index (χ0n) is 12.3. The van der Waals surface area contributed by atoms with E-state index >= 15 is 0 Å². The predicted molar refractivity (Wildman–Crippen MR) is 84.3 cm³/mol. The molecule has 0 amide bonds. The summed E-state index contributed by atoms with van der Waals surface area (Å²) in [5.41, 5.74) is 3.93. The van der Waals surface area contributed by atoms with Crippen molar-refractivity contribution in [2.75, 3.05) is 13.1 Å². The molecule has 0 aliphatic heterocycles. The number of hydrogen-bond donors (Lipinski definition) is 2. The van der Waals surface area contributed by atoms with Gasteiger partial charge in [0.05, 0.1) is 0 Å². The van der Waals surface area contributed by atoms with E-state index in [9.17, 15) is 5.11 Å². The van der Waals surface area contributed by atoms with Crippen molar-refractivity contribution in [1.82, 2.24) is 5.32 Å². The van der Waals surface area contributed by atoms with Crippen LogP contribution < -0.4 is 5.32 Å². The lowest BCUT2D eigenvalue weighted by atomic mass is 9.91. The fourth-order valence-corrected chi connectivity index (χ4v) is 2.47. The third kappa shape index (κ3) is 4.10. The van der Waals surface area contributed by atoms with Gasteiger partial charge in [0.15, 0.2) is 0 Å². The van der Waals surface area contributed by atoms with Gasteiger partial charge in [0.1, 0.15) is 5.75 Å². The summed E-state index contributed by atoms with van der Waals surface area (Å²) in [5.74, 6) is 0.784. The SMILES string of the molecule is CCNCC(Cc1ccc(O)cc1)c1cccc(C)c1. The molecule has 2 aromatic rings. The van der Waals surface area contributed by atoms with Gasteiger partial charge in [-0.3, -0.25) is 0 Å². The van der Waals surface area contributed by atoms with E-state index in [1.807, 2.05) is 12.1 Å². The van der Waals surface area contributed by atoms with E-state index in [4.69, 9.17) is 0 Å². The molecule has 0 aliphatic rings. The minimum absolute atomic E-state index is 0.326. The van der Waals surface area contributed by atoms with Crippen LogP contribution in [-0.4, -0.2) is 18.2 Å². The zero-order valence-corrected chi connectivity index (χ0v) is 12.3. The van der Waals surface area contributed by atoms with E-state index in [1.54, 1.807) is 12.1 Å². The Morgan fingerprint density at radius 3 is 2.50 bits per heavy atom. The molecule has 0 aromatic heterocycles. The molecule has 106 valence electrons. The average Bonchev–Trinajstić information content (AvgIpc) is 2.45. The van der Waals surface area contributed by atoms with Gasteiger partial charge in [-0.1, -0.05) is 48.9 Å². The first-order chi connectivity index (χ1) is 9.69. The second-order valence-corrected chi connectivity index (χ2v) is 5.29. The molecule has 20 heavy (non-hydrogen) atoms. The van der Waals surface area contributed by atoms with Crippen LogP contribution in [0.25, 0.3) is 0 Å². The Balaban J connectivity index is 2.16. The maximum atomic E-state index is 9.37. The molecule has 0 aliphatic carbocycles. The molecule has 2 rings (SSSR count). The van der Waals surface area contributed by atoms with Gasteiger partial charge in [0.25, 0.3) is 0 Å². The molecule has 0 fully saturated rings. The summed E-state index contributed by atoms with van der Waals surface area (Å²) in [4.78, 5) is 0. The fourth-order valence-electron chi connectivity index (χ4n) is 2.47. The largest absolute Gasteiger partial charge is 0.508 e. The van der Waals surface area contributed by atoms with Crippen molar-refractivity contribution in [2.24, 2.45) is 0 Å². The maximum absolute atomic E-state index is 9.37. The van der Waals surface area contributed by atoms with Crippen LogP contribution in [0.4, 0.5) is 0 Å². The van der Waals surface area contributed by atoms with E-state index in [1.165, 1.54) is 16.7 Å². The highest BCUT2D eigenvalue weighted by atomic mass is 16.3. The lowest BCUT2D eigenvalue weighted by Crippen LogP contribution is -2.22. The van der Waals surface area contributed by atoms with E-state index in [2.05, 4.69) is 43.4 Å². The van der Waals surface area contributed by atoms with Crippen molar-refractivity contribution in [1.29, 1.82) is 0 Å². The quantitative estimate of drug-likeness (QED) is 0.839. The first-order valence-electron chi connectivity index (χ1n) is 7.24. The molecule has 0 heterocycles. The number of phenols is 1. The minimum atomic E-state index is 0.326. The summed E-state index contributed by atoms with van der Waals surface area (Å²) in [7, 11) is 0. The summed E-state index contributed by atoms with van der Waals surface area (Å²) in [6.45, 7) is 6.22. The first kappa shape index (κ1) is 14.6. The van der Waals surface area contributed by atoms with Crippen molar-refractivity contribution in [3.63, 3.8) is 0 Å². The molecule has 2 N–H and O–H groups in total. The molecule has 1 atom stereocenters. The lowest BCUT2D eigenvalue weighted by Gasteiger charge is -2.18. The molecule has 2 nitrogen and oxygen atoms in total. The van der Waals surface area contributed by atoms with Crippen molar-refractivity contribution >= 4 is 0 Å². The summed E-state index contributed by atoms with van der Waals surface area (Å²) in [6, 6.07) is 16.3. The Bertz CT molecular complexity index is 533. The van der Waals surface area contributed by atoms with Crippen molar-refractivity contribution in [3.05, 3.63) is 65.2 Å². The number of aryl methyl sites for hydroxylation is 1. The number of phenolic OH excluding ortho intramolecular Hbond substituents is 1. The van der Waals surface area contributed by atoms with Crippen LogP contribution in [0.15, 0.2) is 48.5 Å². The normalized spacial score (nSPS) is 12.3. The van der Waals surface area contributed by atoms with Crippen LogP contribution in [0, 0.1) is 6.92 Å². The number of hydrogen-bond acceptors (Lipinski definition) is 2. The summed E-state index contributed by atoms with van der Waals surface area (Å²) in [5, 5.41) is 12.8. The van der Waals surface area contributed by atoms with Crippen molar-refractivity contribution in [3.8, 4) is 5.75 Å². The smallest absolute Gasteiger partial charge is 0.115 e. The number of nitrogens with one attached hydrogen (secondary N) is 1. The first-order valence-corrected chi connectivity index (χ1v) is 7.24. The maximum Gasteiger partial charge on any atom is 0.115 e. The van der Waals surface area contributed by atoms with Crippen LogP contribution in [-0.2, 0) is 6.42 Å². The highest BCUT2D eigenvalue weighted by Crippen LogP contribution is 2.22. The molecule has 0 saturated heterocycles. The Morgan fingerprint density at radius 2 is 1.85 bits per heavy atom. The summed E-state index contributed by atoms with van der Waals surface area (Å²) < 4.78 is 0. The van der Waals surface area contributed by atoms with Crippen molar-refractivity contribution in [2.45, 2.75) is 26.2 Å². The fraction of sp³-hybridized carbons (Fsp3) is 0.333. The predicted octanol–water partition coefficient (Wildman–Crippen LogP) is 3.64. The highest BCUT2D eigenvalue weighted by molar-refractivity contribution is 5.30. The molecule has 0 spiro atoms. The number of likely N-dealkylation sites (N-methyl/N-ethyl adjacent to an activating group) is 1. The second-order valence-electron chi connectivity index (χ2n) is 5.29. The summed E-state index contributed by atoms with van der Waals surface area (Å²) >= 11 is 0. The number of aromatic hydroxyl groups is 1. The zero-order chi connectivity index (χ0) is 14.4. The van der Waals surface area contributed by atoms with Gasteiger partial charge in [-0.2, -0.15) is 0 Å². The van der Waals surface area contributed by atoms with Crippen LogP contribution in [0.2, 0.25) is 0 Å². The van der Waals surface area contributed by atoms with Gasteiger partial charge in [-0.15, -0.1) is 0 Å². The van der Waals surface area contributed by atoms with Gasteiger partial charge in [-0.25, -0.2) is 0 Å². The van der Waals surface area contributed by atoms with E-state index < -0.39 is 0 Å². The molecule has 0 bridgehead atoms. The Hall–Kier alpha value is -1.80. The van der Waals surface area contributed by atoms with Crippen LogP contribution in [0.5, 0.6) is 5.75 Å². The third-order valence-electron chi connectivity index (χ3n) is 3.57. The average molecular weight is 269 g/mol. The van der Waals surface area contributed by atoms with E-state index in [0.717, 1.165) is 19.5 Å². The van der Waals surface area contributed by atoms with Gasteiger partial charge in [-0.05, 0) is 43.1 Å². The second kappa shape index (κ2) is 7.11. The lowest BCUT2D eigenvalue weighted by molar-refractivity contribution is 0.475. The number of benzene rings is 2. The van der Waals surface area contributed by atoms with Gasteiger partial charge >= 0.3 is 0 Å². The molecule has 0 saturated carbocycles. The minimum Gasteiger partial charge on any atom is -0.508 e. The molecular formula is C18H23NO. The Labute approximate surface area is 121 Å². The monoisotopic (exact) mass is 269 g/mol. The molecule has 1 unspecified atom stereocenters. The molecule has 0 radical (unpaired) electrons. The van der Waals surface area contributed by atoms with E-state index in [-0.39, 0.29) is 0 Å². The third-order valence-corrected chi connectivity index (χ3v) is 3.57. The Kier molecular flexibility index (Phi) is 5.19. The van der Waals surface area contributed by atoms with Crippen LogP contribution in [0.3, 0.4) is 0 Å². The molecule has 2 aromatic carbocycles. The number of rotatable bonds is 6. The summed E-state index contributed by atoms with van der Waals surface area (Å²) in [6.07, 6.45) is 0.983.